The van der Waals surface area contributed by atoms with Gasteiger partial charge in [-0.25, -0.2) is 0 Å². The Labute approximate surface area is 134 Å². The molecule has 6 heteroatoms. The Bertz CT molecular complexity index is 710. The van der Waals surface area contributed by atoms with E-state index in [0.29, 0.717) is 13.0 Å². The number of piperidine rings is 1. The highest BCUT2D eigenvalue weighted by Crippen LogP contribution is 2.22. The van der Waals surface area contributed by atoms with E-state index in [4.69, 9.17) is 5.11 Å². The zero-order valence-corrected chi connectivity index (χ0v) is 13.0. The second-order valence-electron chi connectivity index (χ2n) is 6.03. The first-order valence-electron chi connectivity index (χ1n) is 8.07. The van der Waals surface area contributed by atoms with Crippen LogP contribution in [0.15, 0.2) is 30.5 Å². The standard InChI is InChI=1S/C17H21N3O3/c21-16(12-20-15-7-2-1-5-13(15)11-18-20)19-10-4-3-6-14(19)8-9-17(22)23/h1-2,5,7,11,14H,3-4,6,8-10,12H2,(H,22,23)/t14-/m1/s1. The normalized spacial score (nSPS) is 18.3. The smallest absolute Gasteiger partial charge is 0.303 e. The lowest BCUT2D eigenvalue weighted by atomic mass is 9.98. The molecule has 0 bridgehead atoms. The van der Waals surface area contributed by atoms with Gasteiger partial charge in [-0.1, -0.05) is 18.2 Å². The molecular formula is C17H21N3O3. The lowest BCUT2D eigenvalue weighted by Crippen LogP contribution is -2.45. The summed E-state index contributed by atoms with van der Waals surface area (Å²) in [5.74, 6) is -0.782. The van der Waals surface area contributed by atoms with Crippen LogP contribution in [0.25, 0.3) is 10.9 Å². The van der Waals surface area contributed by atoms with E-state index in [1.54, 1.807) is 10.9 Å². The molecule has 0 unspecified atom stereocenters. The number of aromatic nitrogens is 2. The average molecular weight is 315 g/mol. The van der Waals surface area contributed by atoms with Crippen molar-refractivity contribution in [1.29, 1.82) is 0 Å². The highest BCUT2D eigenvalue weighted by molar-refractivity contribution is 5.82. The molecule has 1 atom stereocenters. The molecule has 1 amide bonds. The molecule has 23 heavy (non-hydrogen) atoms. The number of benzene rings is 1. The summed E-state index contributed by atoms with van der Waals surface area (Å²) in [7, 11) is 0. The van der Waals surface area contributed by atoms with Crippen molar-refractivity contribution in [3.63, 3.8) is 0 Å². The van der Waals surface area contributed by atoms with Crippen molar-refractivity contribution in [3.8, 4) is 0 Å². The van der Waals surface area contributed by atoms with E-state index in [1.807, 2.05) is 29.2 Å². The Morgan fingerprint density at radius 3 is 2.91 bits per heavy atom. The first-order valence-corrected chi connectivity index (χ1v) is 8.07. The molecule has 1 aliphatic rings. The maximum atomic E-state index is 12.7. The summed E-state index contributed by atoms with van der Waals surface area (Å²) in [5, 5.41) is 14.2. The Balaban J connectivity index is 1.71. The third-order valence-electron chi connectivity index (χ3n) is 4.47. The summed E-state index contributed by atoms with van der Waals surface area (Å²) in [6.07, 6.45) is 5.33. The minimum Gasteiger partial charge on any atom is -0.481 e. The highest BCUT2D eigenvalue weighted by atomic mass is 16.4. The van der Waals surface area contributed by atoms with Crippen molar-refractivity contribution in [2.75, 3.05) is 6.54 Å². The minimum absolute atomic E-state index is 0.0222. The Hall–Kier alpha value is -2.37. The van der Waals surface area contributed by atoms with Gasteiger partial charge in [-0.3, -0.25) is 14.3 Å². The molecule has 6 nitrogen and oxygen atoms in total. The van der Waals surface area contributed by atoms with Crippen molar-refractivity contribution in [1.82, 2.24) is 14.7 Å². The van der Waals surface area contributed by atoms with Crippen LogP contribution in [-0.2, 0) is 16.1 Å². The van der Waals surface area contributed by atoms with E-state index in [2.05, 4.69) is 5.10 Å². The number of carboxylic acids is 1. The van der Waals surface area contributed by atoms with Gasteiger partial charge in [0.2, 0.25) is 5.91 Å². The number of nitrogens with zero attached hydrogens (tertiary/aromatic N) is 3. The largest absolute Gasteiger partial charge is 0.481 e. The van der Waals surface area contributed by atoms with Crippen molar-refractivity contribution in [2.24, 2.45) is 0 Å². The van der Waals surface area contributed by atoms with E-state index >= 15 is 0 Å². The summed E-state index contributed by atoms with van der Waals surface area (Å²) in [6, 6.07) is 7.84. The Morgan fingerprint density at radius 2 is 2.09 bits per heavy atom. The summed E-state index contributed by atoms with van der Waals surface area (Å²) >= 11 is 0. The number of carbonyl (C=O) groups excluding carboxylic acids is 1. The lowest BCUT2D eigenvalue weighted by Gasteiger charge is -2.35. The summed E-state index contributed by atoms with van der Waals surface area (Å²) < 4.78 is 1.72. The average Bonchev–Trinajstić information content (AvgIpc) is 2.96. The number of aliphatic carboxylic acids is 1. The van der Waals surface area contributed by atoms with Gasteiger partial charge in [0.1, 0.15) is 6.54 Å². The topological polar surface area (TPSA) is 75.4 Å². The van der Waals surface area contributed by atoms with E-state index in [1.165, 1.54) is 0 Å². The lowest BCUT2D eigenvalue weighted by molar-refractivity contribution is -0.140. The van der Waals surface area contributed by atoms with Crippen LogP contribution < -0.4 is 0 Å². The molecule has 2 heterocycles. The molecular weight excluding hydrogens is 294 g/mol. The monoisotopic (exact) mass is 315 g/mol. The third-order valence-corrected chi connectivity index (χ3v) is 4.47. The number of para-hydroxylation sites is 1. The second-order valence-corrected chi connectivity index (χ2v) is 6.03. The fourth-order valence-electron chi connectivity index (χ4n) is 3.29. The first-order chi connectivity index (χ1) is 11.1. The molecule has 0 aliphatic carbocycles. The quantitative estimate of drug-likeness (QED) is 0.918. The number of carbonyl (C=O) groups is 2. The van der Waals surface area contributed by atoms with Crippen LogP contribution in [0.5, 0.6) is 0 Å². The highest BCUT2D eigenvalue weighted by Gasteiger charge is 2.27. The van der Waals surface area contributed by atoms with Crippen LogP contribution in [0.4, 0.5) is 0 Å². The van der Waals surface area contributed by atoms with Gasteiger partial charge in [0.25, 0.3) is 0 Å². The van der Waals surface area contributed by atoms with E-state index < -0.39 is 5.97 Å². The molecule has 1 saturated heterocycles. The molecule has 1 aromatic heterocycles. The predicted molar refractivity (Wildman–Crippen MR) is 86.0 cm³/mol. The molecule has 0 spiro atoms. The molecule has 2 aromatic rings. The van der Waals surface area contributed by atoms with Gasteiger partial charge in [-0.05, 0) is 31.7 Å². The van der Waals surface area contributed by atoms with Crippen molar-refractivity contribution in [3.05, 3.63) is 30.5 Å². The molecule has 0 saturated carbocycles. The van der Waals surface area contributed by atoms with Crippen molar-refractivity contribution >= 4 is 22.8 Å². The summed E-state index contributed by atoms with van der Waals surface area (Å²) in [5.41, 5.74) is 0.944. The van der Waals surface area contributed by atoms with Gasteiger partial charge < -0.3 is 10.0 Å². The van der Waals surface area contributed by atoms with E-state index in [0.717, 1.165) is 30.2 Å². The zero-order valence-electron chi connectivity index (χ0n) is 13.0. The van der Waals surface area contributed by atoms with Crippen LogP contribution in [0.3, 0.4) is 0 Å². The Morgan fingerprint density at radius 1 is 1.26 bits per heavy atom. The molecule has 1 fully saturated rings. The second kappa shape index (κ2) is 6.81. The van der Waals surface area contributed by atoms with Gasteiger partial charge in [0.05, 0.1) is 11.7 Å². The molecule has 1 aliphatic heterocycles. The Kier molecular flexibility index (Phi) is 4.60. The summed E-state index contributed by atoms with van der Waals surface area (Å²) in [6.45, 7) is 0.916. The fraction of sp³-hybridized carbons (Fsp3) is 0.471. The SMILES string of the molecule is O=C(O)CC[C@H]1CCCCN1C(=O)Cn1ncc2ccccc21. The fourth-order valence-corrected chi connectivity index (χ4v) is 3.29. The van der Waals surface area contributed by atoms with Crippen LogP contribution >= 0.6 is 0 Å². The molecule has 1 N–H and O–H groups in total. The van der Waals surface area contributed by atoms with Crippen LogP contribution in [0.2, 0.25) is 0 Å². The van der Waals surface area contributed by atoms with Crippen LogP contribution in [0.1, 0.15) is 32.1 Å². The molecule has 3 rings (SSSR count). The number of likely N-dealkylation sites (tertiary alicyclic amines) is 1. The maximum Gasteiger partial charge on any atom is 0.303 e. The van der Waals surface area contributed by atoms with Crippen molar-refractivity contribution < 1.29 is 14.7 Å². The van der Waals surface area contributed by atoms with Crippen molar-refractivity contribution in [2.45, 2.75) is 44.7 Å². The molecule has 0 radical (unpaired) electrons. The number of carboxylic acid groups (broad SMARTS) is 1. The predicted octanol–water partition coefficient (Wildman–Crippen LogP) is 2.28. The van der Waals surface area contributed by atoms with Gasteiger partial charge in [0.15, 0.2) is 0 Å². The number of hydrogen-bond acceptors (Lipinski definition) is 3. The van der Waals surface area contributed by atoms with E-state index in [9.17, 15) is 9.59 Å². The molecule has 122 valence electrons. The molecule has 1 aromatic carbocycles. The zero-order chi connectivity index (χ0) is 16.2. The minimum atomic E-state index is -0.805. The van der Waals surface area contributed by atoms with Crippen LogP contribution in [-0.4, -0.2) is 44.3 Å². The summed E-state index contributed by atoms with van der Waals surface area (Å²) in [4.78, 5) is 25.3. The number of rotatable bonds is 5. The van der Waals surface area contributed by atoms with Gasteiger partial charge in [-0.2, -0.15) is 5.10 Å². The van der Waals surface area contributed by atoms with Crippen LogP contribution in [0, 0.1) is 0 Å². The van der Waals surface area contributed by atoms with E-state index in [-0.39, 0.29) is 24.9 Å². The van der Waals surface area contributed by atoms with Gasteiger partial charge in [-0.15, -0.1) is 0 Å². The first kappa shape index (κ1) is 15.5. The number of hydrogen-bond donors (Lipinski definition) is 1. The number of fused-ring (bicyclic) bond motifs is 1. The maximum absolute atomic E-state index is 12.7. The third kappa shape index (κ3) is 3.52. The van der Waals surface area contributed by atoms with Gasteiger partial charge >= 0.3 is 5.97 Å². The van der Waals surface area contributed by atoms with Gasteiger partial charge in [0, 0.05) is 24.4 Å². The number of amides is 1.